The third kappa shape index (κ3) is 10.5. The van der Waals surface area contributed by atoms with E-state index in [9.17, 15) is 9.59 Å². The monoisotopic (exact) mass is 520 g/mol. The van der Waals surface area contributed by atoms with Crippen LogP contribution in [0.4, 0.5) is 0 Å². The molecule has 0 spiro atoms. The first-order chi connectivity index (χ1) is 16.5. The zero-order valence-corrected chi connectivity index (χ0v) is 20.0. The summed E-state index contributed by atoms with van der Waals surface area (Å²) in [5.74, 6) is 0.457. The quantitative estimate of drug-likeness (QED) is 0.225. The summed E-state index contributed by atoms with van der Waals surface area (Å²) in [5, 5.41) is 24.2. The Kier molecular flexibility index (Phi) is 13.0. The molecule has 0 bridgehead atoms. The molecule has 2 aromatic heterocycles. The van der Waals surface area contributed by atoms with Gasteiger partial charge in [0.1, 0.15) is 12.1 Å². The van der Waals surface area contributed by atoms with E-state index in [1.165, 1.54) is 0 Å². The number of aromatic amines is 2. The Morgan fingerprint density at radius 2 is 1.11 bits per heavy atom. The second kappa shape index (κ2) is 15.7. The first kappa shape index (κ1) is 29.0. The van der Waals surface area contributed by atoms with Gasteiger partial charge in [-0.3, -0.25) is 9.59 Å². The standard InChI is InChI=1S/2C12H14N3O2.Fe/c2*16-12(17)11(5-10-7-13-8-15-10)14-6-9-3-1-2-4-9;/h2*1-4,7-8,11,14H,5-6H2,(H,13,15)(H,16,17);/q;;+2/t2*11-;/m00./s1. The molecule has 2 aromatic rings. The predicted octanol–water partition coefficient (Wildman–Crippen LogP) is 0.798. The molecule has 4 rings (SSSR count). The Morgan fingerprint density at radius 3 is 1.40 bits per heavy atom. The molecule has 10 radical (unpaired) electrons. The van der Waals surface area contributed by atoms with Crippen LogP contribution in [0.25, 0.3) is 0 Å². The van der Waals surface area contributed by atoms with Gasteiger partial charge in [-0.2, -0.15) is 0 Å². The van der Waals surface area contributed by atoms with Crippen LogP contribution < -0.4 is 10.6 Å². The molecule has 0 aliphatic heterocycles. The fraction of sp³-hybridized carbons (Fsp3) is 0.250. The van der Waals surface area contributed by atoms with Crippen molar-refractivity contribution in [2.24, 2.45) is 0 Å². The molecule has 0 amide bonds. The molecular weight excluding hydrogens is 492 g/mol. The van der Waals surface area contributed by atoms with E-state index in [1.807, 2.05) is 51.4 Å². The van der Waals surface area contributed by atoms with E-state index in [4.69, 9.17) is 10.2 Å². The van der Waals surface area contributed by atoms with E-state index in [0.29, 0.717) is 25.9 Å². The topological polar surface area (TPSA) is 156 Å². The van der Waals surface area contributed by atoms with E-state index < -0.39 is 24.0 Å². The van der Waals surface area contributed by atoms with Gasteiger partial charge in [-0.05, 0) is 63.2 Å². The Balaban J connectivity index is 0.000000240. The molecule has 2 heterocycles. The van der Waals surface area contributed by atoms with Gasteiger partial charge in [-0.25, -0.2) is 9.97 Å². The number of H-pyrrole nitrogens is 2. The summed E-state index contributed by atoms with van der Waals surface area (Å²) in [6.45, 7) is 1.11. The van der Waals surface area contributed by atoms with Crippen molar-refractivity contribution in [3.63, 3.8) is 0 Å². The Morgan fingerprint density at radius 1 is 0.743 bits per heavy atom. The van der Waals surface area contributed by atoms with Gasteiger partial charge in [0.25, 0.3) is 0 Å². The van der Waals surface area contributed by atoms with Crippen molar-refractivity contribution < 1.29 is 36.9 Å². The van der Waals surface area contributed by atoms with Gasteiger partial charge >= 0.3 is 29.0 Å². The summed E-state index contributed by atoms with van der Waals surface area (Å²) in [6, 6.07) is -1.21. The minimum absolute atomic E-state index is 0. The molecule has 11 heteroatoms. The second-order valence-corrected chi connectivity index (χ2v) is 7.69. The van der Waals surface area contributed by atoms with Crippen LogP contribution in [0.15, 0.2) is 25.0 Å². The summed E-state index contributed by atoms with van der Waals surface area (Å²) in [7, 11) is 0. The van der Waals surface area contributed by atoms with Gasteiger partial charge in [0.15, 0.2) is 0 Å². The first-order valence-electron chi connectivity index (χ1n) is 10.8. The summed E-state index contributed by atoms with van der Waals surface area (Å²) in [6.07, 6.45) is 22.7. The number of nitrogens with zero attached hydrogens (tertiary/aromatic N) is 2. The first-order valence-corrected chi connectivity index (χ1v) is 10.8. The molecule has 2 aliphatic rings. The zero-order valence-electron chi connectivity index (χ0n) is 18.9. The molecular formula is C24H28FeN6O4+2. The summed E-state index contributed by atoms with van der Waals surface area (Å²) >= 11 is 0. The molecule has 6 N–H and O–H groups in total. The predicted molar refractivity (Wildman–Crippen MR) is 124 cm³/mol. The third-order valence-corrected chi connectivity index (χ3v) is 5.12. The van der Waals surface area contributed by atoms with Crippen molar-refractivity contribution in [1.82, 2.24) is 30.6 Å². The smallest absolute Gasteiger partial charge is 0.480 e. The maximum atomic E-state index is 11.1. The molecule has 35 heavy (non-hydrogen) atoms. The van der Waals surface area contributed by atoms with Crippen LogP contribution in [-0.4, -0.2) is 67.3 Å². The van der Waals surface area contributed by atoms with Crippen molar-refractivity contribution in [2.45, 2.75) is 24.9 Å². The molecule has 2 atom stereocenters. The number of carbonyl (C=O) groups is 2. The minimum atomic E-state index is -0.855. The largest absolute Gasteiger partial charge is 2.00 e. The third-order valence-electron chi connectivity index (χ3n) is 5.12. The van der Waals surface area contributed by atoms with Crippen LogP contribution in [0.5, 0.6) is 0 Å². The molecule has 2 aliphatic carbocycles. The van der Waals surface area contributed by atoms with Gasteiger partial charge in [-0.15, -0.1) is 0 Å². The van der Waals surface area contributed by atoms with Gasteiger partial charge < -0.3 is 30.8 Å². The second-order valence-electron chi connectivity index (χ2n) is 7.69. The fourth-order valence-corrected chi connectivity index (χ4v) is 3.27. The van der Waals surface area contributed by atoms with Gasteiger partial charge in [0.2, 0.25) is 0 Å². The van der Waals surface area contributed by atoms with Crippen LogP contribution in [0.3, 0.4) is 0 Å². The average molecular weight is 520 g/mol. The number of hydrogen-bond donors (Lipinski definition) is 6. The number of carboxylic acids is 2. The van der Waals surface area contributed by atoms with E-state index >= 15 is 0 Å². The number of aromatic nitrogens is 4. The average Bonchev–Trinajstić information content (AvgIpc) is 3.63. The van der Waals surface area contributed by atoms with Crippen molar-refractivity contribution >= 4 is 11.9 Å². The minimum Gasteiger partial charge on any atom is -0.480 e. The number of carboxylic acid groups (broad SMARTS) is 2. The van der Waals surface area contributed by atoms with E-state index in [-0.39, 0.29) is 17.1 Å². The van der Waals surface area contributed by atoms with Gasteiger partial charge in [0, 0.05) is 49.7 Å². The SMILES string of the molecule is O=C(O)[C@H](Cc1cnc[nH]1)NC[C]1[CH][CH][CH][CH]1.O=C(O)[C@H](Cc1cnc[nH]1)NC[C]1[CH][CH][CH][CH]1.[Fe+2]. The number of imidazole rings is 2. The van der Waals surface area contributed by atoms with Crippen LogP contribution in [-0.2, 0) is 39.5 Å². The zero-order chi connectivity index (χ0) is 24.2. The Hall–Kier alpha value is -2.20. The van der Waals surface area contributed by atoms with Crippen LogP contribution in [0.2, 0.25) is 0 Å². The molecule has 2 fully saturated rings. The molecule has 184 valence electrons. The fourth-order valence-electron chi connectivity index (χ4n) is 3.27. The normalized spacial score (nSPS) is 17.8. The Labute approximate surface area is 217 Å². The van der Waals surface area contributed by atoms with Crippen LogP contribution >= 0.6 is 0 Å². The van der Waals surface area contributed by atoms with Crippen LogP contribution in [0, 0.1) is 63.2 Å². The molecule has 10 nitrogen and oxygen atoms in total. The number of rotatable bonds is 12. The number of hydrogen-bond acceptors (Lipinski definition) is 6. The summed E-state index contributed by atoms with van der Waals surface area (Å²) in [4.78, 5) is 35.7. The maximum Gasteiger partial charge on any atom is 2.00 e. The van der Waals surface area contributed by atoms with E-state index in [1.54, 1.807) is 25.0 Å². The molecule has 2 saturated carbocycles. The molecule has 0 aromatic carbocycles. The molecule has 0 saturated heterocycles. The molecule has 0 unspecified atom stereocenters. The van der Waals surface area contributed by atoms with Crippen molar-refractivity contribution in [1.29, 1.82) is 0 Å². The number of nitrogens with one attached hydrogen (secondary N) is 4. The van der Waals surface area contributed by atoms with Crippen molar-refractivity contribution in [2.75, 3.05) is 13.1 Å². The van der Waals surface area contributed by atoms with Crippen LogP contribution in [0.1, 0.15) is 11.4 Å². The van der Waals surface area contributed by atoms with Gasteiger partial charge in [0.05, 0.1) is 12.7 Å². The Bertz CT molecular complexity index is 766. The van der Waals surface area contributed by atoms with E-state index in [2.05, 4.69) is 30.6 Å². The summed E-state index contributed by atoms with van der Waals surface area (Å²) < 4.78 is 0. The van der Waals surface area contributed by atoms with Gasteiger partial charge in [-0.1, -0.05) is 0 Å². The van der Waals surface area contributed by atoms with Crippen molar-refractivity contribution in [3.05, 3.63) is 99.6 Å². The van der Waals surface area contributed by atoms with Crippen molar-refractivity contribution in [3.8, 4) is 0 Å². The van der Waals surface area contributed by atoms with E-state index in [0.717, 1.165) is 23.2 Å². The maximum absolute atomic E-state index is 11.1. The number of aliphatic carboxylic acids is 2. The summed E-state index contributed by atoms with van der Waals surface area (Å²) in [5.41, 5.74) is 1.62.